The third-order valence-electron chi connectivity index (χ3n) is 5.54. The SMILES string of the molecule is CCOc1cc(/C=C2\SC(=Nc3ccc(Br)cc3)NC2=O)ccc1OCc1cccc2ccccc12. The number of halogens is 1. The van der Waals surface area contributed by atoms with Crippen molar-refractivity contribution < 1.29 is 14.3 Å². The third-order valence-corrected chi connectivity index (χ3v) is 6.98. The Balaban J connectivity index is 1.34. The maximum Gasteiger partial charge on any atom is 0.264 e. The Morgan fingerprint density at radius 2 is 1.75 bits per heavy atom. The third kappa shape index (κ3) is 5.64. The van der Waals surface area contributed by atoms with Gasteiger partial charge in [0, 0.05) is 4.47 Å². The summed E-state index contributed by atoms with van der Waals surface area (Å²) in [5.74, 6) is 1.12. The molecule has 0 bridgehead atoms. The van der Waals surface area contributed by atoms with E-state index < -0.39 is 0 Å². The van der Waals surface area contributed by atoms with Crippen molar-refractivity contribution in [2.24, 2.45) is 4.99 Å². The maximum absolute atomic E-state index is 12.5. The molecule has 1 fully saturated rings. The molecule has 0 aromatic heterocycles. The first-order valence-electron chi connectivity index (χ1n) is 11.5. The summed E-state index contributed by atoms with van der Waals surface area (Å²) < 4.78 is 13.0. The summed E-state index contributed by atoms with van der Waals surface area (Å²) in [6, 6.07) is 27.8. The molecule has 4 aromatic rings. The van der Waals surface area contributed by atoms with Crippen molar-refractivity contribution in [2.75, 3.05) is 6.61 Å². The van der Waals surface area contributed by atoms with Gasteiger partial charge in [0.05, 0.1) is 17.2 Å². The number of carbonyl (C=O) groups is 1. The summed E-state index contributed by atoms with van der Waals surface area (Å²) in [7, 11) is 0. The summed E-state index contributed by atoms with van der Waals surface area (Å²) >= 11 is 4.73. The first kappa shape index (κ1) is 24.2. The van der Waals surface area contributed by atoms with Crippen molar-refractivity contribution in [2.45, 2.75) is 13.5 Å². The normalized spacial score (nSPS) is 15.4. The second kappa shape index (κ2) is 11.0. The molecule has 5 rings (SSSR count). The lowest BCUT2D eigenvalue weighted by Crippen LogP contribution is -2.19. The van der Waals surface area contributed by atoms with Gasteiger partial charge in [0.15, 0.2) is 16.7 Å². The lowest BCUT2D eigenvalue weighted by Gasteiger charge is -2.14. The van der Waals surface area contributed by atoms with Crippen LogP contribution in [0.1, 0.15) is 18.1 Å². The molecule has 0 saturated carbocycles. The van der Waals surface area contributed by atoms with Crippen molar-refractivity contribution in [1.29, 1.82) is 0 Å². The van der Waals surface area contributed by atoms with Gasteiger partial charge in [0.1, 0.15) is 6.61 Å². The Bertz CT molecular complexity index is 1480. The molecule has 0 radical (unpaired) electrons. The van der Waals surface area contributed by atoms with Crippen LogP contribution in [0, 0.1) is 0 Å². The van der Waals surface area contributed by atoms with E-state index in [-0.39, 0.29) is 5.91 Å². The molecule has 4 aromatic carbocycles. The molecular formula is C29H23BrN2O3S. The van der Waals surface area contributed by atoms with Crippen molar-refractivity contribution in [1.82, 2.24) is 5.32 Å². The van der Waals surface area contributed by atoms with E-state index in [1.807, 2.05) is 73.7 Å². The van der Waals surface area contributed by atoms with Crippen LogP contribution in [0.5, 0.6) is 11.5 Å². The largest absolute Gasteiger partial charge is 0.490 e. The average molecular weight is 559 g/mol. The number of aliphatic imine (C=N–C) groups is 1. The van der Waals surface area contributed by atoms with Crippen molar-refractivity contribution in [3.63, 3.8) is 0 Å². The van der Waals surface area contributed by atoms with Crippen molar-refractivity contribution >= 4 is 61.3 Å². The molecule has 0 aliphatic carbocycles. The number of fused-ring (bicyclic) bond motifs is 1. The number of benzene rings is 4. The summed E-state index contributed by atoms with van der Waals surface area (Å²) in [4.78, 5) is 17.6. The van der Waals surface area contributed by atoms with E-state index >= 15 is 0 Å². The van der Waals surface area contributed by atoms with E-state index in [1.54, 1.807) is 0 Å². The van der Waals surface area contributed by atoms with Crippen molar-refractivity contribution in [3.8, 4) is 11.5 Å². The Kier molecular flexibility index (Phi) is 7.39. The highest BCUT2D eigenvalue weighted by Crippen LogP contribution is 2.33. The monoisotopic (exact) mass is 558 g/mol. The first-order valence-corrected chi connectivity index (χ1v) is 13.1. The maximum atomic E-state index is 12.5. The zero-order valence-electron chi connectivity index (χ0n) is 19.5. The van der Waals surface area contributed by atoms with Crippen LogP contribution in [0.4, 0.5) is 5.69 Å². The quantitative estimate of drug-likeness (QED) is 0.239. The van der Waals surface area contributed by atoms with Gasteiger partial charge in [-0.1, -0.05) is 64.5 Å². The Morgan fingerprint density at radius 1 is 0.944 bits per heavy atom. The van der Waals surface area contributed by atoms with Gasteiger partial charge in [-0.3, -0.25) is 4.79 Å². The zero-order valence-corrected chi connectivity index (χ0v) is 21.9. The molecule has 1 aliphatic rings. The molecule has 36 heavy (non-hydrogen) atoms. The van der Waals surface area contributed by atoms with Crippen LogP contribution in [-0.4, -0.2) is 17.7 Å². The van der Waals surface area contributed by atoms with Gasteiger partial charge in [0.25, 0.3) is 5.91 Å². The first-order chi connectivity index (χ1) is 17.6. The Morgan fingerprint density at radius 3 is 2.58 bits per heavy atom. The van der Waals surface area contributed by atoms with Gasteiger partial charge in [-0.05, 0) is 83.1 Å². The molecule has 180 valence electrons. The van der Waals surface area contributed by atoms with Crippen LogP contribution in [0.3, 0.4) is 0 Å². The van der Waals surface area contributed by atoms with Gasteiger partial charge in [0.2, 0.25) is 0 Å². The number of amidine groups is 1. The number of thioether (sulfide) groups is 1. The number of rotatable bonds is 7. The van der Waals surface area contributed by atoms with Gasteiger partial charge < -0.3 is 14.8 Å². The van der Waals surface area contributed by atoms with E-state index in [9.17, 15) is 4.79 Å². The minimum atomic E-state index is -0.176. The summed E-state index contributed by atoms with van der Waals surface area (Å²) in [5, 5.41) is 5.73. The van der Waals surface area contributed by atoms with Crippen LogP contribution >= 0.6 is 27.7 Å². The highest BCUT2D eigenvalue weighted by atomic mass is 79.9. The average Bonchev–Trinajstić information content (AvgIpc) is 3.23. The fourth-order valence-electron chi connectivity index (χ4n) is 3.84. The second-order valence-corrected chi connectivity index (χ2v) is 9.97. The van der Waals surface area contributed by atoms with E-state index in [1.165, 1.54) is 22.5 Å². The molecule has 1 aliphatic heterocycles. The number of carbonyl (C=O) groups excluding carboxylic acids is 1. The van der Waals surface area contributed by atoms with E-state index in [4.69, 9.17) is 9.47 Å². The summed E-state index contributed by atoms with van der Waals surface area (Å²) in [6.07, 6.45) is 1.83. The number of nitrogens with zero attached hydrogens (tertiary/aromatic N) is 1. The molecule has 1 amide bonds. The van der Waals surface area contributed by atoms with E-state index in [2.05, 4.69) is 50.5 Å². The number of amides is 1. The summed E-state index contributed by atoms with van der Waals surface area (Å²) in [6.45, 7) is 2.87. The lowest BCUT2D eigenvalue weighted by atomic mass is 10.1. The van der Waals surface area contributed by atoms with Gasteiger partial charge in [-0.2, -0.15) is 0 Å². The highest BCUT2D eigenvalue weighted by Gasteiger charge is 2.24. The minimum absolute atomic E-state index is 0.176. The van der Waals surface area contributed by atoms with Crippen LogP contribution in [0.2, 0.25) is 0 Å². The molecule has 7 heteroatoms. The molecule has 1 N–H and O–H groups in total. The molecule has 0 unspecified atom stereocenters. The smallest absolute Gasteiger partial charge is 0.264 e. The van der Waals surface area contributed by atoms with Crippen LogP contribution in [0.25, 0.3) is 16.8 Å². The molecular weight excluding hydrogens is 536 g/mol. The van der Waals surface area contributed by atoms with Crippen LogP contribution in [-0.2, 0) is 11.4 Å². The predicted molar refractivity (Wildman–Crippen MR) is 151 cm³/mol. The van der Waals surface area contributed by atoms with E-state index in [0.717, 1.165) is 21.3 Å². The molecule has 0 spiro atoms. The standard InChI is InChI=1S/C29H23BrN2O3S/c1-2-34-26-16-19(17-27-28(33)32-29(36-27)31-23-13-11-22(30)12-14-23)10-15-25(26)35-18-21-8-5-7-20-6-3-4-9-24(20)21/h3-17H,2,18H2,1H3,(H,31,32,33)/b27-17-. The Hall–Kier alpha value is -3.55. The van der Waals surface area contributed by atoms with Crippen molar-refractivity contribution in [3.05, 3.63) is 105 Å². The zero-order chi connectivity index (χ0) is 24.9. The number of nitrogens with one attached hydrogen (secondary N) is 1. The molecule has 0 atom stereocenters. The topological polar surface area (TPSA) is 59.9 Å². The Labute approximate surface area is 222 Å². The van der Waals surface area contributed by atoms with Gasteiger partial charge in [-0.25, -0.2) is 4.99 Å². The lowest BCUT2D eigenvalue weighted by molar-refractivity contribution is -0.115. The second-order valence-electron chi connectivity index (χ2n) is 8.02. The van der Waals surface area contributed by atoms with Crippen LogP contribution in [0.15, 0.2) is 99.3 Å². The van der Waals surface area contributed by atoms with Gasteiger partial charge >= 0.3 is 0 Å². The minimum Gasteiger partial charge on any atom is -0.490 e. The molecule has 1 saturated heterocycles. The fraction of sp³-hybridized carbons (Fsp3) is 0.103. The summed E-state index contributed by atoms with van der Waals surface area (Å²) in [5.41, 5.74) is 2.73. The molecule has 1 heterocycles. The van der Waals surface area contributed by atoms with E-state index in [0.29, 0.717) is 34.8 Å². The number of ether oxygens (including phenoxy) is 2. The highest BCUT2D eigenvalue weighted by molar-refractivity contribution is 9.10. The fourth-order valence-corrected chi connectivity index (χ4v) is 4.95. The number of hydrogen-bond acceptors (Lipinski definition) is 5. The molecule has 5 nitrogen and oxygen atoms in total. The van der Waals surface area contributed by atoms with Gasteiger partial charge in [-0.15, -0.1) is 0 Å². The van der Waals surface area contributed by atoms with Crippen LogP contribution < -0.4 is 14.8 Å². The number of hydrogen-bond donors (Lipinski definition) is 1. The predicted octanol–water partition coefficient (Wildman–Crippen LogP) is 7.47.